The molecule has 1 saturated heterocycles. The Hall–Kier alpha value is -1.06. The fourth-order valence-electron chi connectivity index (χ4n) is 7.96. The van der Waals surface area contributed by atoms with E-state index in [0.717, 1.165) is 25.7 Å². The van der Waals surface area contributed by atoms with Crippen LogP contribution in [0.5, 0.6) is 0 Å². The number of carbonyl (C=O) groups is 2. The molecule has 4 nitrogen and oxygen atoms in total. The van der Waals surface area contributed by atoms with Crippen molar-refractivity contribution in [2.24, 2.45) is 33.5 Å². The Morgan fingerprint density at radius 1 is 0.618 bits per heavy atom. The third-order valence-electron chi connectivity index (χ3n) is 8.21. The summed E-state index contributed by atoms with van der Waals surface area (Å²) in [7, 11) is 0. The average Bonchev–Trinajstić information content (AvgIpc) is 2.75. The van der Waals surface area contributed by atoms with Crippen molar-refractivity contribution in [2.75, 3.05) is 13.1 Å². The van der Waals surface area contributed by atoms with Gasteiger partial charge in [-0.1, -0.05) is 95.9 Å². The van der Waals surface area contributed by atoms with Crippen molar-refractivity contribution >= 4 is 12.1 Å². The Morgan fingerprint density at radius 3 is 1.18 bits per heavy atom. The Kier molecular flexibility index (Phi) is 10.7. The molecule has 200 valence electrons. The zero-order valence-electron chi connectivity index (χ0n) is 24.9. The van der Waals surface area contributed by atoms with Crippen molar-refractivity contribution in [1.82, 2.24) is 9.80 Å². The first-order valence-electron chi connectivity index (χ1n) is 14.3. The van der Waals surface area contributed by atoms with Crippen LogP contribution < -0.4 is 0 Å². The second-order valence-electron chi connectivity index (χ2n) is 13.4. The number of hydrogen-bond acceptors (Lipinski definition) is 2. The molecule has 0 aromatic heterocycles. The third-order valence-corrected chi connectivity index (χ3v) is 8.21. The highest BCUT2D eigenvalue weighted by molar-refractivity contribution is 6.11. The molecule has 4 heteroatoms. The molecule has 3 aliphatic rings. The van der Waals surface area contributed by atoms with Crippen LogP contribution >= 0.6 is 0 Å². The van der Waals surface area contributed by atoms with Crippen molar-refractivity contribution < 1.29 is 9.59 Å². The molecule has 4 atom stereocenters. The second kappa shape index (κ2) is 11.8. The molecule has 0 spiro atoms. The quantitative estimate of drug-likeness (QED) is 0.381. The average molecular weight is 479 g/mol. The number of nitrogens with zero attached hydrogens (tertiary/aromatic N) is 2. The molecule has 0 bridgehead atoms. The molecular weight excluding hydrogens is 420 g/mol. The summed E-state index contributed by atoms with van der Waals surface area (Å²) >= 11 is 0. The number of carbonyl (C=O) groups excluding carboxylic acids is 2. The van der Waals surface area contributed by atoms with Crippen molar-refractivity contribution in [2.45, 2.75) is 134 Å². The first-order valence-corrected chi connectivity index (χ1v) is 14.3. The number of urea groups is 2. The third kappa shape index (κ3) is 7.47. The molecule has 0 aromatic rings. The molecule has 1 aliphatic heterocycles. The maximum Gasteiger partial charge on any atom is 0.336 e. The van der Waals surface area contributed by atoms with Gasteiger partial charge < -0.3 is 0 Å². The van der Waals surface area contributed by atoms with E-state index in [1.165, 1.54) is 25.7 Å². The first kappa shape index (κ1) is 31.0. The van der Waals surface area contributed by atoms with Crippen molar-refractivity contribution in [3.8, 4) is 0 Å². The summed E-state index contributed by atoms with van der Waals surface area (Å²) < 4.78 is 0. The van der Waals surface area contributed by atoms with Gasteiger partial charge >= 0.3 is 12.1 Å². The first-order chi connectivity index (χ1) is 15.7. The van der Waals surface area contributed by atoms with E-state index in [1.807, 2.05) is 27.7 Å². The minimum absolute atomic E-state index is 0.0316. The zero-order valence-corrected chi connectivity index (χ0v) is 24.9. The largest absolute Gasteiger partial charge is 0.336 e. The summed E-state index contributed by atoms with van der Waals surface area (Å²) in [6.07, 6.45) is 9.26. The lowest BCUT2D eigenvalue weighted by molar-refractivity contribution is -0.000365. The highest BCUT2D eigenvalue weighted by Gasteiger charge is 2.52. The Morgan fingerprint density at radius 2 is 0.912 bits per heavy atom. The van der Waals surface area contributed by atoms with Gasteiger partial charge in [0.05, 0.1) is 0 Å². The molecule has 2 saturated carbocycles. The van der Waals surface area contributed by atoms with Gasteiger partial charge in [-0.15, -0.1) is 0 Å². The summed E-state index contributed by atoms with van der Waals surface area (Å²) in [5, 5.41) is 0. The predicted octanol–water partition coefficient (Wildman–Crippen LogP) is 9.38. The molecule has 3 rings (SSSR count). The monoisotopic (exact) mass is 478 g/mol. The van der Waals surface area contributed by atoms with Crippen molar-refractivity contribution in [3.63, 3.8) is 0 Å². The van der Waals surface area contributed by atoms with Gasteiger partial charge in [0, 0.05) is 13.1 Å². The molecule has 0 aromatic carbocycles. The maximum absolute atomic E-state index is 13.1. The normalized spacial score (nSPS) is 34.4. The van der Waals surface area contributed by atoms with Crippen LogP contribution in [-0.2, 0) is 0 Å². The van der Waals surface area contributed by atoms with Crippen LogP contribution in [0.2, 0.25) is 0 Å². The van der Waals surface area contributed by atoms with E-state index in [0.29, 0.717) is 24.9 Å². The molecule has 1 heterocycles. The Bertz CT molecular complexity index is 615. The van der Waals surface area contributed by atoms with Crippen LogP contribution in [0.3, 0.4) is 0 Å². The molecule has 4 amide bonds. The Balaban J connectivity index is 0.00000137. The molecular formula is C30H58N2O2. The molecule has 3 fully saturated rings. The van der Waals surface area contributed by atoms with E-state index in [2.05, 4.69) is 55.4 Å². The van der Waals surface area contributed by atoms with Gasteiger partial charge in [0.2, 0.25) is 0 Å². The van der Waals surface area contributed by atoms with E-state index in [4.69, 9.17) is 0 Å². The van der Waals surface area contributed by atoms with Crippen LogP contribution in [0.15, 0.2) is 0 Å². The minimum atomic E-state index is -0.0599. The molecule has 2 aliphatic carbocycles. The van der Waals surface area contributed by atoms with E-state index in [-0.39, 0.29) is 33.7 Å². The van der Waals surface area contributed by atoms with E-state index >= 15 is 0 Å². The SMILES string of the molecule is CC.CC.CCC1CC(C)(C)CC(C)(CN2C(=O)N(CC3(C)CC(CC)CC(C)(C)C3)C2=O)C1. The van der Waals surface area contributed by atoms with Crippen LogP contribution in [0.25, 0.3) is 0 Å². The molecule has 34 heavy (non-hydrogen) atoms. The van der Waals surface area contributed by atoms with Gasteiger partial charge in [0.15, 0.2) is 0 Å². The van der Waals surface area contributed by atoms with Crippen LogP contribution in [0.1, 0.15) is 134 Å². The highest BCUT2D eigenvalue weighted by Crippen LogP contribution is 2.52. The van der Waals surface area contributed by atoms with Crippen LogP contribution in [0, 0.1) is 33.5 Å². The minimum Gasteiger partial charge on any atom is -0.247 e. The van der Waals surface area contributed by atoms with Crippen molar-refractivity contribution in [3.05, 3.63) is 0 Å². The molecule has 4 unspecified atom stereocenters. The molecule has 0 N–H and O–H groups in total. The number of hydrogen-bond donors (Lipinski definition) is 0. The Labute approximate surface area is 212 Å². The van der Waals surface area contributed by atoms with E-state index in [9.17, 15) is 9.59 Å². The van der Waals surface area contributed by atoms with Gasteiger partial charge in [0.1, 0.15) is 0 Å². The smallest absolute Gasteiger partial charge is 0.247 e. The topological polar surface area (TPSA) is 40.6 Å². The number of imide groups is 2. The number of amides is 4. The van der Waals surface area contributed by atoms with Crippen molar-refractivity contribution in [1.29, 1.82) is 0 Å². The summed E-state index contributed by atoms with van der Waals surface area (Å²) in [5.41, 5.74) is 0.620. The van der Waals surface area contributed by atoms with Gasteiger partial charge in [-0.25, -0.2) is 19.4 Å². The van der Waals surface area contributed by atoms with Crippen LogP contribution in [-0.4, -0.2) is 35.0 Å². The maximum atomic E-state index is 13.1. The van der Waals surface area contributed by atoms with Gasteiger partial charge in [-0.3, -0.25) is 0 Å². The number of rotatable bonds is 6. The lowest BCUT2D eigenvalue weighted by Crippen LogP contribution is -2.68. The highest BCUT2D eigenvalue weighted by atomic mass is 16.2. The predicted molar refractivity (Wildman–Crippen MR) is 146 cm³/mol. The standard InChI is InChI=1S/C26H46N2O2.2C2H6/c1-9-19-11-23(3,4)15-25(7,13-19)17-27-21(29)28(22(27)30)18-26(8)14-20(10-2)12-24(5,6)16-26;2*1-2/h19-20H,9-18H2,1-8H3;2*1-2H3. The second-order valence-corrected chi connectivity index (χ2v) is 13.4. The summed E-state index contributed by atoms with van der Waals surface area (Å²) in [6, 6.07) is -0.120. The lowest BCUT2D eigenvalue weighted by atomic mass is 9.59. The van der Waals surface area contributed by atoms with Gasteiger partial charge in [0.25, 0.3) is 0 Å². The van der Waals surface area contributed by atoms with E-state index in [1.54, 1.807) is 9.80 Å². The lowest BCUT2D eigenvalue weighted by Gasteiger charge is -2.53. The fraction of sp³-hybridized carbons (Fsp3) is 0.933. The molecule has 0 radical (unpaired) electrons. The summed E-state index contributed by atoms with van der Waals surface area (Å²) in [4.78, 5) is 29.2. The van der Waals surface area contributed by atoms with Crippen LogP contribution in [0.4, 0.5) is 9.59 Å². The van der Waals surface area contributed by atoms with E-state index < -0.39 is 0 Å². The van der Waals surface area contributed by atoms with Gasteiger partial charge in [-0.2, -0.15) is 0 Å². The fourth-order valence-corrected chi connectivity index (χ4v) is 7.96. The van der Waals surface area contributed by atoms with Gasteiger partial charge in [-0.05, 0) is 72.0 Å². The zero-order chi connectivity index (χ0) is 26.5. The summed E-state index contributed by atoms with van der Waals surface area (Å²) in [5.74, 6) is 1.38. The summed E-state index contributed by atoms with van der Waals surface area (Å²) in [6.45, 7) is 27.6.